The van der Waals surface area contributed by atoms with Gasteiger partial charge in [-0.25, -0.2) is 0 Å². The van der Waals surface area contributed by atoms with E-state index >= 15 is 0 Å². The molecule has 2 saturated heterocycles. The van der Waals surface area contributed by atoms with Gasteiger partial charge in [0.25, 0.3) is 0 Å². The van der Waals surface area contributed by atoms with Gasteiger partial charge >= 0.3 is 0 Å². The summed E-state index contributed by atoms with van der Waals surface area (Å²) in [5.41, 5.74) is 1.04. The second-order valence-electron chi connectivity index (χ2n) is 8.28. The zero-order valence-corrected chi connectivity index (χ0v) is 14.3. The lowest BCUT2D eigenvalue weighted by molar-refractivity contribution is 0.0470. The Hall–Kier alpha value is -0.830. The topological polar surface area (TPSA) is 29.3 Å². The fraction of sp³-hybridized carbons (Fsp3) is 0.842. The Kier molecular flexibility index (Phi) is 3.80. The summed E-state index contributed by atoms with van der Waals surface area (Å²) in [6.07, 6.45) is 9.80. The SMILES string of the molecule is Cc1cc([C@@H]2C3CCC(C[C@@H]2C2CCC(C)CC2)N3C)on1. The molecule has 1 aliphatic carbocycles. The third-order valence-electron chi connectivity index (χ3n) is 6.96. The van der Waals surface area contributed by atoms with E-state index in [2.05, 4.69) is 30.1 Å². The van der Waals surface area contributed by atoms with Gasteiger partial charge in [0.05, 0.1) is 5.69 Å². The number of hydrogen-bond acceptors (Lipinski definition) is 3. The Morgan fingerprint density at radius 2 is 1.91 bits per heavy atom. The van der Waals surface area contributed by atoms with Crippen LogP contribution < -0.4 is 0 Å². The number of aromatic nitrogens is 1. The van der Waals surface area contributed by atoms with Crippen LogP contribution in [-0.2, 0) is 0 Å². The van der Waals surface area contributed by atoms with Crippen molar-refractivity contribution in [3.8, 4) is 0 Å². The maximum absolute atomic E-state index is 5.77. The number of rotatable bonds is 2. The molecule has 22 heavy (non-hydrogen) atoms. The summed E-state index contributed by atoms with van der Waals surface area (Å²) in [5, 5.41) is 4.20. The largest absolute Gasteiger partial charge is 0.361 e. The molecule has 1 aromatic rings. The average molecular weight is 302 g/mol. The molecule has 0 aromatic carbocycles. The fourth-order valence-electron chi connectivity index (χ4n) is 5.64. The molecule has 1 saturated carbocycles. The van der Waals surface area contributed by atoms with Crippen LogP contribution in [0.25, 0.3) is 0 Å². The van der Waals surface area contributed by atoms with Gasteiger partial charge < -0.3 is 4.52 Å². The molecule has 3 fully saturated rings. The monoisotopic (exact) mass is 302 g/mol. The highest BCUT2D eigenvalue weighted by Gasteiger charge is 2.49. The Bertz CT molecular complexity index is 517. The second-order valence-corrected chi connectivity index (χ2v) is 8.28. The Balaban J connectivity index is 1.63. The zero-order chi connectivity index (χ0) is 15.3. The summed E-state index contributed by atoms with van der Waals surface area (Å²) in [6, 6.07) is 3.69. The molecule has 3 heterocycles. The number of hydrogen-bond donors (Lipinski definition) is 0. The van der Waals surface area contributed by atoms with E-state index in [0.717, 1.165) is 29.5 Å². The van der Waals surface area contributed by atoms with Crippen molar-refractivity contribution < 1.29 is 4.52 Å². The summed E-state index contributed by atoms with van der Waals surface area (Å²) in [4.78, 5) is 2.64. The first-order valence-corrected chi connectivity index (χ1v) is 9.28. The maximum atomic E-state index is 5.77. The highest BCUT2D eigenvalue weighted by atomic mass is 16.5. The predicted molar refractivity (Wildman–Crippen MR) is 87.8 cm³/mol. The number of fused-ring (bicyclic) bond motifs is 2. The van der Waals surface area contributed by atoms with Crippen LogP contribution in [0.5, 0.6) is 0 Å². The van der Waals surface area contributed by atoms with Crippen LogP contribution in [0.3, 0.4) is 0 Å². The molecule has 0 radical (unpaired) electrons. The summed E-state index contributed by atoms with van der Waals surface area (Å²) in [5.74, 6) is 4.39. The molecule has 2 bridgehead atoms. The van der Waals surface area contributed by atoms with E-state index in [-0.39, 0.29) is 0 Å². The Labute approximate surface area is 134 Å². The van der Waals surface area contributed by atoms with E-state index in [0.29, 0.717) is 12.0 Å². The number of aryl methyl sites for hydroxylation is 1. The molecule has 3 nitrogen and oxygen atoms in total. The molecule has 3 aliphatic rings. The molecule has 0 spiro atoms. The van der Waals surface area contributed by atoms with E-state index in [1.807, 2.05) is 6.92 Å². The van der Waals surface area contributed by atoms with Gasteiger partial charge in [-0.2, -0.15) is 0 Å². The van der Waals surface area contributed by atoms with Crippen molar-refractivity contribution in [2.24, 2.45) is 17.8 Å². The molecule has 3 heteroatoms. The minimum absolute atomic E-state index is 0.573. The molecule has 2 aliphatic heterocycles. The van der Waals surface area contributed by atoms with Crippen molar-refractivity contribution in [2.45, 2.75) is 76.8 Å². The molecular formula is C19H30N2O. The van der Waals surface area contributed by atoms with E-state index in [1.54, 1.807) is 0 Å². The lowest BCUT2D eigenvalue weighted by Gasteiger charge is -2.46. The van der Waals surface area contributed by atoms with E-state index in [9.17, 15) is 0 Å². The van der Waals surface area contributed by atoms with Gasteiger partial charge in [0.15, 0.2) is 0 Å². The highest BCUT2D eigenvalue weighted by Crippen LogP contribution is 2.52. The summed E-state index contributed by atoms with van der Waals surface area (Å²) in [7, 11) is 2.33. The normalized spacial score (nSPS) is 42.7. The smallest absolute Gasteiger partial charge is 0.141 e. The second kappa shape index (κ2) is 5.67. The third kappa shape index (κ3) is 2.42. The van der Waals surface area contributed by atoms with Crippen LogP contribution in [0.4, 0.5) is 0 Å². The molecular weight excluding hydrogens is 272 g/mol. The van der Waals surface area contributed by atoms with E-state index in [1.165, 1.54) is 50.7 Å². The van der Waals surface area contributed by atoms with Crippen LogP contribution in [0.1, 0.15) is 69.2 Å². The molecule has 2 unspecified atom stereocenters. The summed E-state index contributed by atoms with van der Waals surface area (Å²) < 4.78 is 5.77. The first-order valence-electron chi connectivity index (χ1n) is 9.28. The van der Waals surface area contributed by atoms with Crippen LogP contribution in [0, 0.1) is 24.7 Å². The van der Waals surface area contributed by atoms with Crippen molar-refractivity contribution in [2.75, 3.05) is 7.05 Å². The molecule has 0 amide bonds. The lowest BCUT2D eigenvalue weighted by atomic mass is 9.66. The zero-order valence-electron chi connectivity index (χ0n) is 14.3. The van der Waals surface area contributed by atoms with Crippen LogP contribution in [0.15, 0.2) is 10.6 Å². The van der Waals surface area contributed by atoms with E-state index < -0.39 is 0 Å². The Morgan fingerprint density at radius 1 is 1.14 bits per heavy atom. The minimum atomic E-state index is 0.573. The first kappa shape index (κ1) is 14.7. The van der Waals surface area contributed by atoms with Crippen molar-refractivity contribution in [1.82, 2.24) is 10.1 Å². The maximum Gasteiger partial charge on any atom is 0.141 e. The quantitative estimate of drug-likeness (QED) is 0.812. The number of nitrogens with zero attached hydrogens (tertiary/aromatic N) is 2. The molecule has 0 N–H and O–H groups in total. The number of piperidine rings is 1. The fourth-order valence-corrected chi connectivity index (χ4v) is 5.64. The molecule has 4 rings (SSSR count). The van der Waals surface area contributed by atoms with Gasteiger partial charge in [-0.3, -0.25) is 4.90 Å². The van der Waals surface area contributed by atoms with E-state index in [4.69, 9.17) is 4.52 Å². The standard InChI is InChI=1S/C19H30N2O/c1-12-4-6-14(7-5-12)16-11-15-8-9-17(21(15)3)19(16)18-10-13(2)20-22-18/h10,12,14-17,19H,4-9,11H2,1-3H3/t12?,14?,15?,16-,17?,19+/m1/s1. The van der Waals surface area contributed by atoms with Crippen molar-refractivity contribution >= 4 is 0 Å². The van der Waals surface area contributed by atoms with Crippen molar-refractivity contribution in [3.63, 3.8) is 0 Å². The lowest BCUT2D eigenvalue weighted by Crippen LogP contribution is -2.47. The predicted octanol–water partition coefficient (Wildman–Crippen LogP) is 4.38. The van der Waals surface area contributed by atoms with Crippen molar-refractivity contribution in [3.05, 3.63) is 17.5 Å². The van der Waals surface area contributed by atoms with Crippen molar-refractivity contribution in [1.29, 1.82) is 0 Å². The van der Waals surface area contributed by atoms with Gasteiger partial charge in [0.2, 0.25) is 0 Å². The first-order chi connectivity index (χ1) is 10.6. The minimum Gasteiger partial charge on any atom is -0.361 e. The van der Waals surface area contributed by atoms with Gasteiger partial charge in [-0.15, -0.1) is 0 Å². The van der Waals surface area contributed by atoms with Crippen LogP contribution in [0.2, 0.25) is 0 Å². The Morgan fingerprint density at radius 3 is 2.59 bits per heavy atom. The van der Waals surface area contributed by atoms with Gasteiger partial charge in [-0.05, 0) is 63.8 Å². The van der Waals surface area contributed by atoms with Gasteiger partial charge in [-0.1, -0.05) is 24.9 Å². The van der Waals surface area contributed by atoms with Gasteiger partial charge in [0.1, 0.15) is 5.76 Å². The third-order valence-corrected chi connectivity index (χ3v) is 6.96. The molecule has 4 atom stereocenters. The number of likely N-dealkylation sites (N-methyl/N-ethyl adjacent to an activating group) is 1. The average Bonchev–Trinajstić information content (AvgIpc) is 3.02. The summed E-state index contributed by atoms with van der Waals surface area (Å²) in [6.45, 7) is 4.47. The van der Waals surface area contributed by atoms with Gasteiger partial charge in [0, 0.05) is 24.1 Å². The summed E-state index contributed by atoms with van der Waals surface area (Å²) >= 11 is 0. The van der Waals surface area contributed by atoms with Crippen LogP contribution >= 0.6 is 0 Å². The molecule has 1 aromatic heterocycles. The highest BCUT2D eigenvalue weighted by molar-refractivity contribution is 5.18. The molecule has 122 valence electrons. The van der Waals surface area contributed by atoms with Crippen LogP contribution in [-0.4, -0.2) is 29.2 Å².